The highest BCUT2D eigenvalue weighted by Crippen LogP contribution is 2.35. The standard InChI is InChI=1S/C39H50N4O5/c1-40(28-38(45)48-29-32-13-7-6-8-14-32)39(46)42(27-31-19-21-35(47-2)22-20-31)36-17-11-12-18-37(36)43(30-44)34-23-25-41(26-24-34)33-15-9-4-3-5-10-16-33/h6-8,11-14,17-22,30,33-34H,3-5,9-10,15-16,23-29H2,1-2H3. The lowest BCUT2D eigenvalue weighted by molar-refractivity contribution is -0.145. The largest absolute Gasteiger partial charge is 0.497 e. The molecule has 0 N–H and O–H groups in total. The summed E-state index contributed by atoms with van der Waals surface area (Å²) < 4.78 is 10.8. The molecule has 3 aromatic carbocycles. The van der Waals surface area contributed by atoms with Crippen molar-refractivity contribution in [2.45, 2.75) is 83.0 Å². The minimum absolute atomic E-state index is 0.0251. The number of rotatable bonds is 12. The van der Waals surface area contributed by atoms with Crippen LogP contribution < -0.4 is 14.5 Å². The molecule has 0 unspecified atom stereocenters. The molecule has 0 atom stereocenters. The van der Waals surface area contributed by atoms with Gasteiger partial charge in [0.05, 0.1) is 25.0 Å². The van der Waals surface area contributed by atoms with Crippen molar-refractivity contribution in [1.82, 2.24) is 9.80 Å². The quantitative estimate of drug-likeness (QED) is 0.154. The normalized spacial score (nSPS) is 16.3. The van der Waals surface area contributed by atoms with Crippen molar-refractivity contribution < 1.29 is 23.9 Å². The molecule has 2 aliphatic rings. The van der Waals surface area contributed by atoms with E-state index in [2.05, 4.69) is 4.90 Å². The van der Waals surface area contributed by atoms with Crippen LogP contribution in [0.25, 0.3) is 0 Å². The number of likely N-dealkylation sites (N-methyl/N-ethyl adjacent to an activating group) is 1. The summed E-state index contributed by atoms with van der Waals surface area (Å²) in [5.41, 5.74) is 3.04. The highest BCUT2D eigenvalue weighted by molar-refractivity contribution is 5.98. The first-order valence-electron chi connectivity index (χ1n) is 17.4. The Kier molecular flexibility index (Phi) is 12.9. The average Bonchev–Trinajstić information content (AvgIpc) is 3.11. The van der Waals surface area contributed by atoms with Gasteiger partial charge in [-0.3, -0.25) is 14.5 Å². The fourth-order valence-electron chi connectivity index (χ4n) is 7.00. The van der Waals surface area contributed by atoms with Gasteiger partial charge in [-0.25, -0.2) is 4.79 Å². The molecule has 48 heavy (non-hydrogen) atoms. The number of benzene rings is 3. The first-order valence-corrected chi connectivity index (χ1v) is 17.4. The van der Waals surface area contributed by atoms with E-state index in [1.165, 1.54) is 49.8 Å². The predicted octanol–water partition coefficient (Wildman–Crippen LogP) is 7.04. The maximum absolute atomic E-state index is 14.2. The number of hydrogen-bond donors (Lipinski definition) is 0. The summed E-state index contributed by atoms with van der Waals surface area (Å²) in [5.74, 6) is 0.214. The molecule has 0 aromatic heterocycles. The summed E-state index contributed by atoms with van der Waals surface area (Å²) in [6, 6.07) is 24.8. The molecule has 0 radical (unpaired) electrons. The number of nitrogens with zero attached hydrogens (tertiary/aromatic N) is 4. The van der Waals surface area contributed by atoms with Crippen molar-refractivity contribution >= 4 is 29.8 Å². The van der Waals surface area contributed by atoms with E-state index in [0.717, 1.165) is 43.5 Å². The Bertz CT molecular complexity index is 1450. The Morgan fingerprint density at radius 2 is 1.42 bits per heavy atom. The lowest BCUT2D eigenvalue weighted by Crippen LogP contribution is -2.49. The van der Waals surface area contributed by atoms with E-state index < -0.39 is 5.97 Å². The maximum Gasteiger partial charge on any atom is 0.326 e. The van der Waals surface area contributed by atoms with Crippen LogP contribution in [0.4, 0.5) is 16.2 Å². The topological polar surface area (TPSA) is 82.6 Å². The Morgan fingerprint density at radius 3 is 2.06 bits per heavy atom. The third kappa shape index (κ3) is 9.37. The molecule has 3 aromatic rings. The summed E-state index contributed by atoms with van der Waals surface area (Å²) in [6.45, 7) is 2.07. The van der Waals surface area contributed by atoms with Gasteiger partial charge < -0.3 is 24.2 Å². The average molecular weight is 655 g/mol. The van der Waals surface area contributed by atoms with Crippen LogP contribution in [0.5, 0.6) is 5.75 Å². The van der Waals surface area contributed by atoms with Crippen molar-refractivity contribution in [2.75, 3.05) is 43.6 Å². The second-order valence-corrected chi connectivity index (χ2v) is 13.0. The number of carbonyl (C=O) groups excluding carboxylic acids is 3. The second kappa shape index (κ2) is 17.7. The zero-order valence-electron chi connectivity index (χ0n) is 28.5. The monoisotopic (exact) mass is 654 g/mol. The Morgan fingerprint density at radius 1 is 0.792 bits per heavy atom. The zero-order chi connectivity index (χ0) is 33.7. The van der Waals surface area contributed by atoms with Gasteiger partial charge in [0, 0.05) is 32.2 Å². The van der Waals surface area contributed by atoms with Crippen molar-refractivity contribution in [3.8, 4) is 5.75 Å². The van der Waals surface area contributed by atoms with Gasteiger partial charge in [-0.2, -0.15) is 0 Å². The minimum atomic E-state index is -0.502. The van der Waals surface area contributed by atoms with E-state index in [1.54, 1.807) is 19.1 Å². The fraction of sp³-hybridized carbons (Fsp3) is 0.462. The van der Waals surface area contributed by atoms with Gasteiger partial charge in [0.25, 0.3) is 0 Å². The Labute approximate surface area is 285 Å². The van der Waals surface area contributed by atoms with Gasteiger partial charge in [0.15, 0.2) is 0 Å². The molecule has 5 rings (SSSR count). The molecule has 256 valence electrons. The van der Waals surface area contributed by atoms with E-state index in [4.69, 9.17) is 9.47 Å². The van der Waals surface area contributed by atoms with Crippen LogP contribution in [0, 0.1) is 0 Å². The molecule has 9 heteroatoms. The third-order valence-corrected chi connectivity index (χ3v) is 9.71. The Balaban J connectivity index is 1.34. The van der Waals surface area contributed by atoms with E-state index in [0.29, 0.717) is 23.2 Å². The summed E-state index contributed by atoms with van der Waals surface area (Å²) in [6.07, 6.45) is 11.8. The smallest absolute Gasteiger partial charge is 0.326 e. The third-order valence-electron chi connectivity index (χ3n) is 9.71. The summed E-state index contributed by atoms with van der Waals surface area (Å²) in [5, 5.41) is 0. The minimum Gasteiger partial charge on any atom is -0.497 e. The molecule has 2 fully saturated rings. The molecule has 1 heterocycles. The van der Waals surface area contributed by atoms with E-state index in [-0.39, 0.29) is 31.8 Å². The van der Waals surface area contributed by atoms with Crippen molar-refractivity contribution in [3.63, 3.8) is 0 Å². The van der Waals surface area contributed by atoms with Crippen LogP contribution in [0.15, 0.2) is 78.9 Å². The van der Waals surface area contributed by atoms with Gasteiger partial charge in [0.1, 0.15) is 18.9 Å². The van der Waals surface area contributed by atoms with E-state index in [9.17, 15) is 14.4 Å². The molecule has 9 nitrogen and oxygen atoms in total. The fourth-order valence-corrected chi connectivity index (χ4v) is 7.00. The van der Waals surface area contributed by atoms with Crippen molar-refractivity contribution in [3.05, 3.63) is 90.0 Å². The van der Waals surface area contributed by atoms with Crippen molar-refractivity contribution in [1.29, 1.82) is 0 Å². The van der Waals surface area contributed by atoms with Crippen LogP contribution in [-0.4, -0.2) is 74.1 Å². The number of piperidine rings is 1. The molecule has 1 saturated carbocycles. The number of hydrogen-bond acceptors (Lipinski definition) is 6. The van der Waals surface area contributed by atoms with E-state index in [1.807, 2.05) is 83.8 Å². The first-order chi connectivity index (χ1) is 23.5. The molecule has 3 amide bonds. The number of anilines is 2. The number of para-hydroxylation sites is 2. The number of esters is 1. The number of urea groups is 1. The molecular formula is C39H50N4O5. The van der Waals surface area contributed by atoms with Crippen LogP contribution >= 0.6 is 0 Å². The maximum atomic E-state index is 14.2. The number of likely N-dealkylation sites (tertiary alicyclic amines) is 1. The Hall–Kier alpha value is -4.37. The lowest BCUT2D eigenvalue weighted by atomic mass is 9.93. The van der Waals surface area contributed by atoms with Crippen LogP contribution in [-0.2, 0) is 27.5 Å². The summed E-state index contributed by atoms with van der Waals surface area (Å²) >= 11 is 0. The first kappa shape index (κ1) is 35.0. The molecule has 1 aliphatic heterocycles. The molecule has 0 spiro atoms. The highest BCUT2D eigenvalue weighted by atomic mass is 16.5. The molecule has 0 bridgehead atoms. The highest BCUT2D eigenvalue weighted by Gasteiger charge is 2.32. The molecule has 1 saturated heterocycles. The van der Waals surface area contributed by atoms with Crippen LogP contribution in [0.2, 0.25) is 0 Å². The number of methoxy groups -OCH3 is 1. The van der Waals surface area contributed by atoms with Crippen LogP contribution in [0.3, 0.4) is 0 Å². The van der Waals surface area contributed by atoms with Gasteiger partial charge in [-0.05, 0) is 61.1 Å². The summed E-state index contributed by atoms with van der Waals surface area (Å²) in [7, 11) is 3.21. The number of carbonyl (C=O) groups is 3. The van der Waals surface area contributed by atoms with Crippen molar-refractivity contribution in [2.24, 2.45) is 0 Å². The second-order valence-electron chi connectivity index (χ2n) is 13.0. The predicted molar refractivity (Wildman–Crippen MR) is 189 cm³/mol. The van der Waals surface area contributed by atoms with Gasteiger partial charge in [0.2, 0.25) is 6.41 Å². The van der Waals surface area contributed by atoms with Gasteiger partial charge in [-0.1, -0.05) is 86.7 Å². The number of amides is 3. The lowest BCUT2D eigenvalue weighted by Gasteiger charge is -2.42. The zero-order valence-corrected chi connectivity index (χ0v) is 28.5. The van der Waals surface area contributed by atoms with Gasteiger partial charge >= 0.3 is 12.0 Å². The van der Waals surface area contributed by atoms with E-state index >= 15 is 0 Å². The number of ether oxygens (including phenoxy) is 2. The van der Waals surface area contributed by atoms with Crippen LogP contribution in [0.1, 0.15) is 68.9 Å². The van der Waals surface area contributed by atoms with Gasteiger partial charge in [-0.15, -0.1) is 0 Å². The molecule has 1 aliphatic carbocycles. The summed E-state index contributed by atoms with van der Waals surface area (Å²) in [4.78, 5) is 47.3. The molecular weight excluding hydrogens is 604 g/mol. The SMILES string of the molecule is COc1ccc(CN(C(=O)N(C)CC(=O)OCc2ccccc2)c2ccccc2N(C=O)C2CCN(C3CCCCCCC3)CC2)cc1.